The maximum atomic E-state index is 11.8. The van der Waals surface area contributed by atoms with Crippen molar-refractivity contribution in [3.8, 4) is 0 Å². The molecule has 0 spiro atoms. The summed E-state index contributed by atoms with van der Waals surface area (Å²) in [5, 5.41) is 0. The van der Waals surface area contributed by atoms with Gasteiger partial charge in [-0.1, -0.05) is 5.73 Å². The minimum absolute atomic E-state index is 0.399. The summed E-state index contributed by atoms with van der Waals surface area (Å²) in [5.74, 6) is -0.637. The molecule has 7 heteroatoms. The van der Waals surface area contributed by atoms with Crippen LogP contribution in [0.25, 0.3) is 0 Å². The molecule has 0 atom stereocenters. The molecular weight excluding hydrogens is 233 g/mol. The summed E-state index contributed by atoms with van der Waals surface area (Å²) in [4.78, 5) is -0.399. The van der Waals surface area contributed by atoms with Gasteiger partial charge in [0.15, 0.2) is 9.84 Å². The van der Waals surface area contributed by atoms with E-state index in [0.29, 0.717) is 0 Å². The number of hydrogen-bond acceptors (Lipinski definition) is 3. The highest BCUT2D eigenvalue weighted by Gasteiger charge is 2.32. The Morgan fingerprint density at radius 3 is 2.47 bits per heavy atom. The summed E-state index contributed by atoms with van der Waals surface area (Å²) in [5.41, 5.74) is 4.30. The van der Waals surface area contributed by atoms with Crippen LogP contribution in [0, 0.1) is 0 Å². The van der Waals surface area contributed by atoms with E-state index in [1.54, 1.807) is 0 Å². The molecule has 0 radical (unpaired) electrons. The molecule has 0 amide bonds. The van der Waals surface area contributed by atoms with Gasteiger partial charge in [-0.2, -0.15) is 0 Å². The molecule has 15 heavy (non-hydrogen) atoms. The first-order chi connectivity index (χ1) is 6.68. The largest absolute Gasteiger partial charge is 0.573 e. The number of allylic oxidation sites excluding steroid dienone is 2. The van der Waals surface area contributed by atoms with E-state index < -0.39 is 26.9 Å². The lowest BCUT2D eigenvalue weighted by atomic mass is 10.3. The fraction of sp³-hybridized carbons (Fsp3) is 0.250. The molecule has 82 valence electrons. The minimum Gasteiger partial charge on any atom is -0.405 e. The summed E-state index contributed by atoms with van der Waals surface area (Å²) in [6, 6.07) is 0. The van der Waals surface area contributed by atoms with Crippen LogP contribution in [0.15, 0.2) is 34.3 Å². The Morgan fingerprint density at radius 1 is 1.40 bits per heavy atom. The highest BCUT2D eigenvalue weighted by atomic mass is 32.2. The smallest absolute Gasteiger partial charge is 0.405 e. The van der Waals surface area contributed by atoms with E-state index in [9.17, 15) is 21.6 Å². The van der Waals surface area contributed by atoms with Crippen molar-refractivity contribution in [3.63, 3.8) is 0 Å². The standard InChI is InChI=1S/C8H5F3O3S/c1-15(12,13)7-4-2-3-6(5-7)14-8(9,10)11/h3,5H,1H3. The first-order valence-corrected chi connectivity index (χ1v) is 5.47. The molecule has 0 aromatic rings. The quantitative estimate of drug-likeness (QED) is 0.687. The predicted molar refractivity (Wildman–Crippen MR) is 45.2 cm³/mol. The summed E-state index contributed by atoms with van der Waals surface area (Å²) < 4.78 is 60.8. The highest BCUT2D eigenvalue weighted by molar-refractivity contribution is 7.94. The van der Waals surface area contributed by atoms with E-state index in [4.69, 9.17) is 0 Å². The van der Waals surface area contributed by atoms with E-state index in [2.05, 4.69) is 16.2 Å². The zero-order valence-electron chi connectivity index (χ0n) is 7.42. The van der Waals surface area contributed by atoms with E-state index >= 15 is 0 Å². The second-order valence-corrected chi connectivity index (χ2v) is 4.63. The molecule has 0 aliphatic heterocycles. The van der Waals surface area contributed by atoms with Crippen molar-refractivity contribution in [1.82, 2.24) is 0 Å². The van der Waals surface area contributed by atoms with Gasteiger partial charge in [-0.3, -0.25) is 0 Å². The van der Waals surface area contributed by atoms with Crippen LogP contribution in [0.5, 0.6) is 0 Å². The Morgan fingerprint density at radius 2 is 2.00 bits per heavy atom. The summed E-state index contributed by atoms with van der Waals surface area (Å²) >= 11 is 0. The minimum atomic E-state index is -4.86. The van der Waals surface area contributed by atoms with Gasteiger partial charge in [-0.15, -0.1) is 13.2 Å². The fourth-order valence-corrected chi connectivity index (χ4v) is 1.35. The number of sulfone groups is 1. The Balaban J connectivity index is 3.01. The normalized spacial score (nSPS) is 16.0. The van der Waals surface area contributed by atoms with Crippen LogP contribution in [0.1, 0.15) is 0 Å². The van der Waals surface area contributed by atoms with Crippen LogP contribution in [0.3, 0.4) is 0 Å². The molecule has 0 aromatic heterocycles. The summed E-state index contributed by atoms with van der Waals surface area (Å²) in [6.45, 7) is 0. The van der Waals surface area contributed by atoms with Crippen molar-refractivity contribution in [2.75, 3.05) is 6.26 Å². The van der Waals surface area contributed by atoms with Gasteiger partial charge in [0.2, 0.25) is 0 Å². The van der Waals surface area contributed by atoms with Gasteiger partial charge < -0.3 is 4.74 Å². The van der Waals surface area contributed by atoms with E-state index in [0.717, 1.165) is 18.4 Å². The monoisotopic (exact) mass is 238 g/mol. The van der Waals surface area contributed by atoms with Crippen molar-refractivity contribution in [3.05, 3.63) is 34.3 Å². The van der Waals surface area contributed by atoms with Crippen molar-refractivity contribution in [1.29, 1.82) is 0 Å². The molecule has 0 saturated carbocycles. The predicted octanol–water partition coefficient (Wildman–Crippen LogP) is 1.66. The Labute approximate surface area is 83.8 Å². The van der Waals surface area contributed by atoms with E-state index in [-0.39, 0.29) is 0 Å². The zero-order chi connectivity index (χ0) is 11.7. The third-order valence-corrected chi connectivity index (χ3v) is 2.34. The number of ether oxygens (including phenoxy) is 1. The van der Waals surface area contributed by atoms with Gasteiger partial charge in [-0.05, 0) is 5.73 Å². The Hall–Kier alpha value is -1.42. The van der Waals surface area contributed by atoms with Gasteiger partial charge in [0.1, 0.15) is 10.7 Å². The topological polar surface area (TPSA) is 43.4 Å². The van der Waals surface area contributed by atoms with Crippen LogP contribution in [0.2, 0.25) is 0 Å². The third kappa shape index (κ3) is 3.67. The van der Waals surface area contributed by atoms with Crippen molar-refractivity contribution >= 4 is 9.84 Å². The number of hydrogen-bond donors (Lipinski definition) is 0. The summed E-state index contributed by atoms with van der Waals surface area (Å²) in [6.07, 6.45) is -2.42. The van der Waals surface area contributed by atoms with Crippen LogP contribution in [0.4, 0.5) is 13.2 Å². The molecule has 0 unspecified atom stereocenters. The molecule has 0 saturated heterocycles. The SMILES string of the molecule is CS(=O)(=O)C1=C=C=CC(OC(F)(F)F)=C1. The molecule has 1 aliphatic carbocycles. The Bertz CT molecular complexity index is 498. The molecule has 0 bridgehead atoms. The maximum Gasteiger partial charge on any atom is 0.573 e. The third-order valence-electron chi connectivity index (χ3n) is 1.32. The first-order valence-electron chi connectivity index (χ1n) is 3.58. The first kappa shape index (κ1) is 11.7. The number of rotatable bonds is 2. The van der Waals surface area contributed by atoms with Crippen molar-refractivity contribution in [2.24, 2.45) is 0 Å². The maximum absolute atomic E-state index is 11.8. The molecule has 3 nitrogen and oxygen atoms in total. The average Bonchev–Trinajstić information content (AvgIpc) is 1.99. The zero-order valence-corrected chi connectivity index (χ0v) is 8.24. The van der Waals surface area contributed by atoms with Gasteiger partial charge in [-0.25, -0.2) is 8.42 Å². The molecule has 1 rings (SSSR count). The lowest BCUT2D eigenvalue weighted by Crippen LogP contribution is -2.13. The molecule has 0 N–H and O–H groups in total. The van der Waals surface area contributed by atoms with E-state index in [1.165, 1.54) is 0 Å². The van der Waals surface area contributed by atoms with Gasteiger partial charge >= 0.3 is 6.36 Å². The molecule has 0 aromatic carbocycles. The lowest BCUT2D eigenvalue weighted by Gasteiger charge is -2.09. The number of alkyl halides is 3. The van der Waals surface area contributed by atoms with Crippen LogP contribution < -0.4 is 0 Å². The highest BCUT2D eigenvalue weighted by Crippen LogP contribution is 2.23. The number of halogens is 3. The van der Waals surface area contributed by atoms with Gasteiger partial charge in [0, 0.05) is 18.4 Å². The van der Waals surface area contributed by atoms with E-state index in [1.807, 2.05) is 0 Å². The van der Waals surface area contributed by atoms with Crippen molar-refractivity contribution in [2.45, 2.75) is 6.36 Å². The van der Waals surface area contributed by atoms with Crippen LogP contribution >= 0.6 is 0 Å². The molecule has 1 aliphatic rings. The molecule has 0 fully saturated rings. The van der Waals surface area contributed by atoms with Crippen molar-refractivity contribution < 1.29 is 26.3 Å². The lowest BCUT2D eigenvalue weighted by molar-refractivity contribution is -0.303. The van der Waals surface area contributed by atoms with Gasteiger partial charge in [0.05, 0.1) is 0 Å². The Kier molecular flexibility index (Phi) is 2.81. The second-order valence-electron chi connectivity index (χ2n) is 2.64. The molecular formula is C8H5F3O3S. The second kappa shape index (κ2) is 3.62. The van der Waals surface area contributed by atoms with Crippen LogP contribution in [-0.4, -0.2) is 21.0 Å². The molecule has 0 heterocycles. The average molecular weight is 238 g/mol. The van der Waals surface area contributed by atoms with Gasteiger partial charge in [0.25, 0.3) is 0 Å². The van der Waals surface area contributed by atoms with Crippen LogP contribution in [-0.2, 0) is 14.6 Å². The fourth-order valence-electron chi connectivity index (χ4n) is 0.778. The summed E-state index contributed by atoms with van der Waals surface area (Å²) in [7, 11) is -3.62.